The van der Waals surface area contributed by atoms with Crippen molar-refractivity contribution in [2.24, 2.45) is 0 Å². The fourth-order valence-electron chi connectivity index (χ4n) is 5.31. The predicted molar refractivity (Wildman–Crippen MR) is 141 cm³/mol. The minimum absolute atomic E-state index is 0.0561. The number of carbonyl (C=O) groups is 2. The topological polar surface area (TPSA) is 73.9 Å². The zero-order valence-electron chi connectivity index (χ0n) is 21.2. The Hall–Kier alpha value is -4.06. The van der Waals surface area contributed by atoms with Crippen molar-refractivity contribution in [2.75, 3.05) is 13.7 Å². The van der Waals surface area contributed by atoms with Gasteiger partial charge in [-0.05, 0) is 48.6 Å². The quantitative estimate of drug-likeness (QED) is 0.434. The molecule has 0 aromatic heterocycles. The number of nitrogens with one attached hydrogen (secondary N) is 1. The van der Waals surface area contributed by atoms with E-state index in [1.807, 2.05) is 79.7 Å². The van der Waals surface area contributed by atoms with Crippen LogP contribution in [0.15, 0.2) is 84.1 Å². The Bertz CT molecular complexity index is 1330. The summed E-state index contributed by atoms with van der Waals surface area (Å²) in [5, 5.41) is 3.01. The van der Waals surface area contributed by atoms with Crippen LogP contribution in [0.1, 0.15) is 54.7 Å². The number of ether oxygens (including phenoxy) is 3. The molecule has 2 atom stereocenters. The Morgan fingerprint density at radius 1 is 0.838 bits per heavy atom. The van der Waals surface area contributed by atoms with Gasteiger partial charge in [0.25, 0.3) is 0 Å². The van der Waals surface area contributed by atoms with Crippen molar-refractivity contribution < 1.29 is 23.8 Å². The molecule has 0 spiro atoms. The molecule has 0 fully saturated rings. The molecule has 1 aliphatic heterocycles. The number of allylic oxidation sites excluding steroid dienone is 2. The van der Waals surface area contributed by atoms with Crippen molar-refractivity contribution in [1.29, 1.82) is 0 Å². The number of carbonyl (C=O) groups excluding carboxylic acids is 2. The standard InChI is InChI=1S/C31H31NO5/c1-3-36-28-14-13-21(17-29(28)35-2)22-15-25-31(26(33)16-22)24(18-30(34)32-25)23-11-7-8-12-27(23)37-19-20-9-5-4-6-10-20/h4-14,17,22,24H,3,15-16,18-19H2,1-2H3,(H,32,34). The van der Waals surface area contributed by atoms with Crippen LogP contribution in [-0.4, -0.2) is 25.4 Å². The van der Waals surface area contributed by atoms with E-state index in [0.29, 0.717) is 54.6 Å². The molecule has 1 amide bonds. The number of methoxy groups -OCH3 is 1. The number of Topliss-reactive ketones (excluding diaryl/α,β-unsaturated/α-hetero) is 1. The first kappa shape index (κ1) is 24.6. The number of benzene rings is 3. The SMILES string of the molecule is CCOc1ccc(C2CC(=O)C3=C(C2)NC(=O)CC3c2ccccc2OCc2ccccc2)cc1OC. The highest BCUT2D eigenvalue weighted by Crippen LogP contribution is 2.45. The molecule has 0 radical (unpaired) electrons. The molecule has 1 aliphatic carbocycles. The molecule has 0 saturated heterocycles. The van der Waals surface area contributed by atoms with E-state index in [2.05, 4.69) is 5.32 Å². The molecule has 3 aromatic rings. The molecule has 1 N–H and O–H groups in total. The molecule has 0 saturated carbocycles. The van der Waals surface area contributed by atoms with Gasteiger partial charge in [0, 0.05) is 35.6 Å². The summed E-state index contributed by atoms with van der Waals surface area (Å²) < 4.78 is 17.3. The summed E-state index contributed by atoms with van der Waals surface area (Å²) in [5.74, 6) is 1.60. The highest BCUT2D eigenvalue weighted by atomic mass is 16.5. The second-order valence-corrected chi connectivity index (χ2v) is 9.38. The van der Waals surface area contributed by atoms with E-state index in [4.69, 9.17) is 14.2 Å². The van der Waals surface area contributed by atoms with Crippen LogP contribution >= 0.6 is 0 Å². The number of ketones is 1. The third-order valence-corrected chi connectivity index (χ3v) is 7.03. The van der Waals surface area contributed by atoms with Gasteiger partial charge >= 0.3 is 0 Å². The van der Waals surface area contributed by atoms with Gasteiger partial charge in [-0.1, -0.05) is 54.6 Å². The van der Waals surface area contributed by atoms with Gasteiger partial charge in [-0.25, -0.2) is 0 Å². The van der Waals surface area contributed by atoms with E-state index in [1.54, 1.807) is 7.11 Å². The summed E-state index contributed by atoms with van der Waals surface area (Å²) in [5.41, 5.74) is 4.33. The Balaban J connectivity index is 1.44. The third-order valence-electron chi connectivity index (χ3n) is 7.03. The molecule has 0 bridgehead atoms. The van der Waals surface area contributed by atoms with Crippen molar-refractivity contribution in [3.8, 4) is 17.2 Å². The maximum absolute atomic E-state index is 13.6. The lowest BCUT2D eigenvalue weighted by Crippen LogP contribution is -2.38. The van der Waals surface area contributed by atoms with Gasteiger partial charge in [0.15, 0.2) is 17.3 Å². The second-order valence-electron chi connectivity index (χ2n) is 9.38. The number of amides is 1. The number of para-hydroxylation sites is 1. The monoisotopic (exact) mass is 497 g/mol. The predicted octanol–water partition coefficient (Wildman–Crippen LogP) is 5.68. The molecule has 3 aromatic carbocycles. The molecular weight excluding hydrogens is 466 g/mol. The number of hydrogen-bond donors (Lipinski definition) is 1. The van der Waals surface area contributed by atoms with Crippen LogP contribution in [0.5, 0.6) is 17.2 Å². The van der Waals surface area contributed by atoms with Crippen LogP contribution in [0.4, 0.5) is 0 Å². The maximum atomic E-state index is 13.6. The Kier molecular flexibility index (Phi) is 7.26. The molecule has 190 valence electrons. The van der Waals surface area contributed by atoms with Crippen molar-refractivity contribution in [3.63, 3.8) is 0 Å². The first-order valence-electron chi connectivity index (χ1n) is 12.7. The third kappa shape index (κ3) is 5.24. The van der Waals surface area contributed by atoms with Gasteiger partial charge in [0.1, 0.15) is 12.4 Å². The summed E-state index contributed by atoms with van der Waals surface area (Å²) in [4.78, 5) is 26.4. The molecule has 37 heavy (non-hydrogen) atoms. The zero-order chi connectivity index (χ0) is 25.8. The van der Waals surface area contributed by atoms with Gasteiger partial charge in [-0.2, -0.15) is 0 Å². The van der Waals surface area contributed by atoms with Crippen LogP contribution in [-0.2, 0) is 16.2 Å². The van der Waals surface area contributed by atoms with Crippen molar-refractivity contribution in [1.82, 2.24) is 5.32 Å². The van der Waals surface area contributed by atoms with E-state index in [9.17, 15) is 9.59 Å². The fraction of sp³-hybridized carbons (Fsp3) is 0.290. The van der Waals surface area contributed by atoms with Crippen LogP contribution in [0.25, 0.3) is 0 Å². The van der Waals surface area contributed by atoms with Gasteiger partial charge < -0.3 is 19.5 Å². The van der Waals surface area contributed by atoms with Crippen LogP contribution in [0, 0.1) is 0 Å². The van der Waals surface area contributed by atoms with E-state index in [0.717, 1.165) is 16.7 Å². The van der Waals surface area contributed by atoms with E-state index < -0.39 is 0 Å². The summed E-state index contributed by atoms with van der Waals surface area (Å²) >= 11 is 0. The number of rotatable bonds is 8. The molecule has 5 rings (SSSR count). The Morgan fingerprint density at radius 2 is 1.62 bits per heavy atom. The lowest BCUT2D eigenvalue weighted by atomic mass is 9.73. The van der Waals surface area contributed by atoms with Crippen LogP contribution < -0.4 is 19.5 Å². The average molecular weight is 498 g/mol. The molecular formula is C31H31NO5. The fourth-order valence-corrected chi connectivity index (χ4v) is 5.31. The maximum Gasteiger partial charge on any atom is 0.225 e. The minimum atomic E-state index is -0.334. The lowest BCUT2D eigenvalue weighted by Gasteiger charge is -2.35. The Labute approximate surface area is 217 Å². The summed E-state index contributed by atoms with van der Waals surface area (Å²) in [7, 11) is 1.61. The first-order valence-corrected chi connectivity index (χ1v) is 12.7. The normalized spacial score (nSPS) is 19.2. The molecule has 2 aliphatic rings. The van der Waals surface area contributed by atoms with Crippen molar-refractivity contribution >= 4 is 11.7 Å². The van der Waals surface area contributed by atoms with Gasteiger partial charge in [-0.3, -0.25) is 9.59 Å². The van der Waals surface area contributed by atoms with E-state index in [1.165, 1.54) is 0 Å². The second kappa shape index (κ2) is 10.9. The smallest absolute Gasteiger partial charge is 0.225 e. The van der Waals surface area contributed by atoms with E-state index in [-0.39, 0.29) is 29.9 Å². The van der Waals surface area contributed by atoms with Crippen LogP contribution in [0.3, 0.4) is 0 Å². The Morgan fingerprint density at radius 3 is 2.41 bits per heavy atom. The molecule has 6 nitrogen and oxygen atoms in total. The van der Waals surface area contributed by atoms with Crippen molar-refractivity contribution in [2.45, 2.75) is 44.6 Å². The summed E-state index contributed by atoms with van der Waals surface area (Å²) in [6.07, 6.45) is 1.17. The molecule has 2 unspecified atom stereocenters. The lowest BCUT2D eigenvalue weighted by molar-refractivity contribution is -0.122. The minimum Gasteiger partial charge on any atom is -0.493 e. The zero-order valence-corrected chi connectivity index (χ0v) is 21.2. The summed E-state index contributed by atoms with van der Waals surface area (Å²) in [6, 6.07) is 23.5. The van der Waals surface area contributed by atoms with Gasteiger partial charge in [0.05, 0.1) is 13.7 Å². The van der Waals surface area contributed by atoms with Crippen molar-refractivity contribution in [3.05, 3.63) is 101 Å². The molecule has 1 heterocycles. The van der Waals surface area contributed by atoms with Gasteiger partial charge in [0.2, 0.25) is 5.91 Å². The molecule has 6 heteroatoms. The highest BCUT2D eigenvalue weighted by Gasteiger charge is 2.39. The first-order chi connectivity index (χ1) is 18.1. The highest BCUT2D eigenvalue weighted by molar-refractivity contribution is 6.02. The van der Waals surface area contributed by atoms with E-state index >= 15 is 0 Å². The van der Waals surface area contributed by atoms with Crippen LogP contribution in [0.2, 0.25) is 0 Å². The summed E-state index contributed by atoms with van der Waals surface area (Å²) in [6.45, 7) is 2.88. The average Bonchev–Trinajstić information content (AvgIpc) is 2.92. The largest absolute Gasteiger partial charge is 0.493 e. The van der Waals surface area contributed by atoms with Gasteiger partial charge in [-0.15, -0.1) is 0 Å². The number of hydrogen-bond acceptors (Lipinski definition) is 5.